The average molecular weight is 246 g/mol. The Bertz CT molecular complexity index is 442. The molecule has 17 heavy (non-hydrogen) atoms. The van der Waals surface area contributed by atoms with Crippen molar-refractivity contribution >= 4 is 23.2 Å². The summed E-state index contributed by atoms with van der Waals surface area (Å²) in [7, 11) is 0. The highest BCUT2D eigenvalue weighted by molar-refractivity contribution is 7.80. The Kier molecular flexibility index (Phi) is 3.88. The van der Waals surface area contributed by atoms with Crippen LogP contribution in [0.25, 0.3) is 0 Å². The molecule has 2 rings (SSSR count). The molecular weight excluding hydrogens is 232 g/mol. The lowest BCUT2D eigenvalue weighted by Crippen LogP contribution is -2.43. The van der Waals surface area contributed by atoms with Crippen LogP contribution in [0.4, 0.5) is 0 Å². The maximum Gasteiger partial charge on any atom is 0.257 e. The van der Waals surface area contributed by atoms with Crippen LogP contribution >= 0.6 is 12.2 Å². The molecule has 1 aromatic carbocycles. The lowest BCUT2D eigenvalue weighted by atomic mass is 10.2. The van der Waals surface area contributed by atoms with E-state index in [-0.39, 0.29) is 5.91 Å². The summed E-state index contributed by atoms with van der Waals surface area (Å²) in [6, 6.07) is 9.09. The number of amides is 1. The molecule has 0 saturated carbocycles. The van der Waals surface area contributed by atoms with E-state index >= 15 is 0 Å². The van der Waals surface area contributed by atoms with Crippen molar-refractivity contribution in [3.63, 3.8) is 0 Å². The Morgan fingerprint density at radius 2 is 2.00 bits per heavy atom. The fourth-order valence-electron chi connectivity index (χ4n) is 1.66. The first kappa shape index (κ1) is 11.8. The topological polar surface area (TPSA) is 32.3 Å². The summed E-state index contributed by atoms with van der Waals surface area (Å²) in [5.41, 5.74) is 0.627. The number of nitrogens with zero attached hydrogens (tertiary/aromatic N) is 1. The number of thiocarbonyl (C=S) groups is 1. The Hall–Kier alpha value is -1.68. The van der Waals surface area contributed by atoms with Gasteiger partial charge in [0, 0.05) is 18.7 Å². The Morgan fingerprint density at radius 1 is 1.24 bits per heavy atom. The van der Waals surface area contributed by atoms with Gasteiger partial charge >= 0.3 is 0 Å². The maximum absolute atomic E-state index is 11.9. The summed E-state index contributed by atoms with van der Waals surface area (Å²) in [6.07, 6.45) is 5.16. The number of rotatable bonds is 1. The van der Waals surface area contributed by atoms with E-state index in [4.69, 9.17) is 12.2 Å². The minimum atomic E-state index is -0.148. The standard InChI is InChI=1S/C13H14N2OS/c16-12(11-7-3-1-4-8-11)14-13(17)15-9-5-2-6-10-15/h1-5,7-8H,6,9-10H2,(H,14,16,17). The lowest BCUT2D eigenvalue weighted by Gasteiger charge is -2.25. The second kappa shape index (κ2) is 5.59. The van der Waals surface area contributed by atoms with Gasteiger partial charge in [-0.1, -0.05) is 30.4 Å². The van der Waals surface area contributed by atoms with Gasteiger partial charge < -0.3 is 4.90 Å². The smallest absolute Gasteiger partial charge is 0.257 e. The van der Waals surface area contributed by atoms with Gasteiger partial charge in [0.05, 0.1) is 0 Å². The number of carbonyl (C=O) groups is 1. The maximum atomic E-state index is 11.9. The molecule has 1 heterocycles. The molecule has 0 unspecified atom stereocenters. The number of benzene rings is 1. The molecule has 0 spiro atoms. The summed E-state index contributed by atoms with van der Waals surface area (Å²) in [5.74, 6) is -0.148. The molecule has 0 saturated heterocycles. The molecule has 0 bridgehead atoms. The van der Waals surface area contributed by atoms with Crippen molar-refractivity contribution in [1.29, 1.82) is 0 Å². The minimum absolute atomic E-state index is 0.148. The molecule has 88 valence electrons. The average Bonchev–Trinajstić information content (AvgIpc) is 2.40. The van der Waals surface area contributed by atoms with Gasteiger partial charge in [0.15, 0.2) is 5.11 Å². The van der Waals surface area contributed by atoms with Gasteiger partial charge in [0.2, 0.25) is 0 Å². The minimum Gasteiger partial charge on any atom is -0.345 e. The molecule has 0 fully saturated rings. The van der Waals surface area contributed by atoms with Crippen LogP contribution < -0.4 is 5.32 Å². The molecular formula is C13H14N2OS. The van der Waals surface area contributed by atoms with Gasteiger partial charge in [0.1, 0.15) is 0 Å². The van der Waals surface area contributed by atoms with Gasteiger partial charge in [-0.3, -0.25) is 10.1 Å². The van der Waals surface area contributed by atoms with Crippen molar-refractivity contribution in [3.05, 3.63) is 48.0 Å². The molecule has 0 aliphatic carbocycles. The Balaban J connectivity index is 1.95. The second-order valence-electron chi connectivity index (χ2n) is 3.83. The lowest BCUT2D eigenvalue weighted by molar-refractivity contribution is 0.0973. The van der Waals surface area contributed by atoms with Crippen molar-refractivity contribution in [2.45, 2.75) is 6.42 Å². The molecule has 0 atom stereocenters. The molecule has 1 aliphatic rings. The monoisotopic (exact) mass is 246 g/mol. The summed E-state index contributed by atoms with van der Waals surface area (Å²) in [5, 5.41) is 3.25. The van der Waals surface area contributed by atoms with E-state index in [1.807, 2.05) is 23.1 Å². The highest BCUT2D eigenvalue weighted by Crippen LogP contribution is 2.03. The first-order valence-electron chi connectivity index (χ1n) is 5.57. The normalized spacial score (nSPS) is 14.5. The molecule has 4 heteroatoms. The number of carbonyl (C=O) groups excluding carboxylic acids is 1. The number of hydrogen-bond donors (Lipinski definition) is 1. The summed E-state index contributed by atoms with van der Waals surface area (Å²) < 4.78 is 0. The largest absolute Gasteiger partial charge is 0.345 e. The highest BCUT2D eigenvalue weighted by atomic mass is 32.1. The summed E-state index contributed by atoms with van der Waals surface area (Å²) >= 11 is 5.21. The van der Waals surface area contributed by atoms with Crippen LogP contribution in [0.3, 0.4) is 0 Å². The third-order valence-electron chi connectivity index (χ3n) is 2.60. The first-order valence-corrected chi connectivity index (χ1v) is 5.98. The SMILES string of the molecule is O=C(NC(=S)N1CC=CCC1)c1ccccc1. The van der Waals surface area contributed by atoms with Crippen LogP contribution in [0, 0.1) is 0 Å². The van der Waals surface area contributed by atoms with E-state index in [2.05, 4.69) is 17.5 Å². The van der Waals surface area contributed by atoms with Crippen molar-refractivity contribution < 1.29 is 4.79 Å². The third-order valence-corrected chi connectivity index (χ3v) is 2.96. The highest BCUT2D eigenvalue weighted by Gasteiger charge is 2.13. The number of nitrogens with one attached hydrogen (secondary N) is 1. The van der Waals surface area contributed by atoms with E-state index in [0.717, 1.165) is 19.5 Å². The van der Waals surface area contributed by atoms with Crippen molar-refractivity contribution in [2.24, 2.45) is 0 Å². The van der Waals surface area contributed by atoms with Gasteiger partial charge in [-0.2, -0.15) is 0 Å². The second-order valence-corrected chi connectivity index (χ2v) is 4.22. The zero-order valence-electron chi connectivity index (χ0n) is 9.43. The molecule has 0 radical (unpaired) electrons. The zero-order chi connectivity index (χ0) is 12.1. The van der Waals surface area contributed by atoms with Crippen LogP contribution in [0.1, 0.15) is 16.8 Å². The fourth-order valence-corrected chi connectivity index (χ4v) is 1.92. The van der Waals surface area contributed by atoms with Crippen LogP contribution in [0.2, 0.25) is 0 Å². The Labute approximate surface area is 106 Å². The quantitative estimate of drug-likeness (QED) is 0.607. The van der Waals surface area contributed by atoms with E-state index in [0.29, 0.717) is 10.7 Å². The van der Waals surface area contributed by atoms with Gasteiger partial charge in [-0.05, 0) is 30.8 Å². The predicted molar refractivity (Wildman–Crippen MR) is 71.8 cm³/mol. The van der Waals surface area contributed by atoms with E-state index in [9.17, 15) is 4.79 Å². The fraction of sp³-hybridized carbons (Fsp3) is 0.231. The molecule has 3 nitrogen and oxygen atoms in total. The van der Waals surface area contributed by atoms with E-state index < -0.39 is 0 Å². The Morgan fingerprint density at radius 3 is 2.65 bits per heavy atom. The van der Waals surface area contributed by atoms with E-state index in [1.165, 1.54) is 0 Å². The first-order chi connectivity index (χ1) is 8.27. The van der Waals surface area contributed by atoms with Gasteiger partial charge in [0.25, 0.3) is 5.91 Å². The van der Waals surface area contributed by atoms with Crippen LogP contribution in [0.5, 0.6) is 0 Å². The van der Waals surface area contributed by atoms with Crippen molar-refractivity contribution in [3.8, 4) is 0 Å². The van der Waals surface area contributed by atoms with Gasteiger partial charge in [-0.15, -0.1) is 0 Å². The molecule has 1 aliphatic heterocycles. The molecule has 1 N–H and O–H groups in total. The van der Waals surface area contributed by atoms with Crippen LogP contribution in [0.15, 0.2) is 42.5 Å². The van der Waals surface area contributed by atoms with Crippen molar-refractivity contribution in [2.75, 3.05) is 13.1 Å². The zero-order valence-corrected chi connectivity index (χ0v) is 10.2. The molecule has 1 aromatic rings. The van der Waals surface area contributed by atoms with Crippen LogP contribution in [-0.4, -0.2) is 29.0 Å². The molecule has 0 aromatic heterocycles. The number of hydrogen-bond acceptors (Lipinski definition) is 2. The van der Waals surface area contributed by atoms with E-state index in [1.54, 1.807) is 12.1 Å². The summed E-state index contributed by atoms with van der Waals surface area (Å²) in [6.45, 7) is 1.64. The third kappa shape index (κ3) is 3.14. The summed E-state index contributed by atoms with van der Waals surface area (Å²) in [4.78, 5) is 13.8. The van der Waals surface area contributed by atoms with Crippen LogP contribution in [-0.2, 0) is 0 Å². The molecule has 1 amide bonds. The predicted octanol–water partition coefficient (Wildman–Crippen LogP) is 1.96. The van der Waals surface area contributed by atoms with Crippen molar-refractivity contribution in [1.82, 2.24) is 10.2 Å². The van der Waals surface area contributed by atoms with Gasteiger partial charge in [-0.25, -0.2) is 0 Å².